The van der Waals surface area contributed by atoms with E-state index in [9.17, 15) is 4.79 Å². The molecule has 2 amide bonds. The van der Waals surface area contributed by atoms with Crippen molar-refractivity contribution in [2.24, 2.45) is 0 Å². The van der Waals surface area contributed by atoms with E-state index in [0.717, 1.165) is 55.0 Å². The van der Waals surface area contributed by atoms with Gasteiger partial charge in [0.05, 0.1) is 24.5 Å². The smallest absolute Gasteiger partial charge is 0.317 e. The van der Waals surface area contributed by atoms with Crippen molar-refractivity contribution in [1.29, 1.82) is 0 Å². The first kappa shape index (κ1) is 17.6. The topological polar surface area (TPSA) is 66.5 Å². The Hall–Kier alpha value is -2.80. The van der Waals surface area contributed by atoms with Crippen LogP contribution in [0.4, 0.5) is 4.79 Å². The third-order valence-electron chi connectivity index (χ3n) is 4.83. The first-order chi connectivity index (χ1) is 13.1. The molecule has 27 heavy (non-hydrogen) atoms. The minimum Gasteiger partial charge on any atom is -0.460 e. The second-order valence-electron chi connectivity index (χ2n) is 7.22. The number of aromatic nitrogens is 2. The maximum absolute atomic E-state index is 11.7. The van der Waals surface area contributed by atoms with Gasteiger partial charge in [0.1, 0.15) is 11.3 Å². The van der Waals surface area contributed by atoms with E-state index in [1.807, 2.05) is 18.2 Å². The van der Waals surface area contributed by atoms with E-state index in [2.05, 4.69) is 38.2 Å². The largest absolute Gasteiger partial charge is 0.460 e. The molecule has 2 aromatic heterocycles. The highest BCUT2D eigenvalue weighted by atomic mass is 16.3. The quantitative estimate of drug-likeness (QED) is 0.770. The molecule has 0 unspecified atom stereocenters. The maximum Gasteiger partial charge on any atom is 0.317 e. The molecule has 7 heteroatoms. The predicted molar refractivity (Wildman–Crippen MR) is 103 cm³/mol. The first-order valence-electron chi connectivity index (χ1n) is 9.29. The number of nitrogens with zero attached hydrogens (tertiary/aromatic N) is 4. The fourth-order valence-corrected chi connectivity index (χ4v) is 3.47. The molecular weight excluding hydrogens is 342 g/mol. The molecule has 0 atom stereocenters. The van der Waals surface area contributed by atoms with Crippen molar-refractivity contribution in [2.75, 3.05) is 20.6 Å². The Kier molecular flexibility index (Phi) is 4.85. The Balaban J connectivity index is 1.43. The zero-order valence-electron chi connectivity index (χ0n) is 15.8. The van der Waals surface area contributed by atoms with Crippen LogP contribution in [0.25, 0.3) is 11.0 Å². The van der Waals surface area contributed by atoms with E-state index < -0.39 is 0 Å². The highest BCUT2D eigenvalue weighted by Crippen LogP contribution is 2.22. The van der Waals surface area contributed by atoms with Crippen LogP contribution in [0.15, 0.2) is 40.8 Å². The van der Waals surface area contributed by atoms with Crippen LogP contribution >= 0.6 is 0 Å². The molecule has 1 aliphatic rings. The number of carbonyl (C=O) groups is 1. The number of rotatable bonds is 4. The fraction of sp³-hybridized carbons (Fsp3) is 0.400. The van der Waals surface area contributed by atoms with Crippen molar-refractivity contribution in [3.63, 3.8) is 0 Å². The summed E-state index contributed by atoms with van der Waals surface area (Å²) in [6, 6.07) is 12.2. The van der Waals surface area contributed by atoms with Crippen molar-refractivity contribution in [2.45, 2.75) is 32.6 Å². The molecular formula is C20H25N5O2. The summed E-state index contributed by atoms with van der Waals surface area (Å²) in [5.41, 5.74) is 3.01. The van der Waals surface area contributed by atoms with Crippen LogP contribution in [0.3, 0.4) is 0 Å². The van der Waals surface area contributed by atoms with Crippen LogP contribution in [0.2, 0.25) is 0 Å². The summed E-state index contributed by atoms with van der Waals surface area (Å²) in [4.78, 5) is 15.6. The molecule has 4 rings (SSSR count). The second-order valence-corrected chi connectivity index (χ2v) is 7.22. The number of aryl methyl sites for hydroxylation is 1. The minimum absolute atomic E-state index is 0.107. The van der Waals surface area contributed by atoms with Gasteiger partial charge in [-0.25, -0.2) is 4.79 Å². The molecule has 0 fully saturated rings. The van der Waals surface area contributed by atoms with Crippen LogP contribution in [-0.2, 0) is 26.2 Å². The van der Waals surface area contributed by atoms with Gasteiger partial charge in [0.2, 0.25) is 0 Å². The monoisotopic (exact) mass is 367 g/mol. The molecule has 3 aromatic rings. The number of nitrogens with one attached hydrogen (secondary N) is 1. The molecule has 0 spiro atoms. The van der Waals surface area contributed by atoms with Crippen molar-refractivity contribution >= 4 is 17.0 Å². The zero-order valence-corrected chi connectivity index (χ0v) is 15.8. The number of benzene rings is 1. The standard InChI is InChI=1S/C20H25N5O2/c1-23(2)20(26)21-12-16-11-17-13-24(8-5-9-25(17)22-16)14-18-10-15-6-3-4-7-19(15)27-18/h3-4,6-7,10-11H,5,8-9,12-14H2,1-2H3,(H,21,26). The lowest BCUT2D eigenvalue weighted by Crippen LogP contribution is -2.34. The average molecular weight is 367 g/mol. The maximum atomic E-state index is 11.7. The molecule has 142 valence electrons. The molecule has 3 heterocycles. The third-order valence-corrected chi connectivity index (χ3v) is 4.83. The van der Waals surface area contributed by atoms with Gasteiger partial charge < -0.3 is 14.6 Å². The Morgan fingerprint density at radius 2 is 2.11 bits per heavy atom. The zero-order chi connectivity index (χ0) is 18.8. The van der Waals surface area contributed by atoms with Gasteiger partial charge in [-0.05, 0) is 24.6 Å². The second kappa shape index (κ2) is 7.44. The van der Waals surface area contributed by atoms with E-state index in [0.29, 0.717) is 6.54 Å². The lowest BCUT2D eigenvalue weighted by Gasteiger charge is -2.17. The number of hydrogen-bond donors (Lipinski definition) is 1. The van der Waals surface area contributed by atoms with E-state index in [1.54, 1.807) is 14.1 Å². The average Bonchev–Trinajstić information content (AvgIpc) is 3.17. The molecule has 0 aliphatic carbocycles. The van der Waals surface area contributed by atoms with Crippen molar-refractivity contribution < 1.29 is 9.21 Å². The molecule has 7 nitrogen and oxygen atoms in total. The van der Waals surface area contributed by atoms with Gasteiger partial charge in [0.25, 0.3) is 0 Å². The lowest BCUT2D eigenvalue weighted by molar-refractivity contribution is 0.217. The Morgan fingerprint density at radius 3 is 2.93 bits per heavy atom. The van der Waals surface area contributed by atoms with Crippen LogP contribution in [0.1, 0.15) is 23.6 Å². The SMILES string of the molecule is CN(C)C(=O)NCc1cc2n(n1)CCCN(Cc1cc3ccccc3o1)C2. The normalized spacial score (nSPS) is 14.7. The number of carbonyl (C=O) groups excluding carboxylic acids is 1. The van der Waals surface area contributed by atoms with Gasteiger partial charge in [0.15, 0.2) is 0 Å². The number of amides is 2. The predicted octanol–water partition coefficient (Wildman–Crippen LogP) is 2.81. The van der Waals surface area contributed by atoms with Gasteiger partial charge in [-0.1, -0.05) is 18.2 Å². The number of furan rings is 1. The fourth-order valence-electron chi connectivity index (χ4n) is 3.47. The Morgan fingerprint density at radius 1 is 1.26 bits per heavy atom. The molecule has 1 aliphatic heterocycles. The van der Waals surface area contributed by atoms with E-state index >= 15 is 0 Å². The summed E-state index contributed by atoms with van der Waals surface area (Å²) in [6.07, 6.45) is 1.04. The molecule has 0 bridgehead atoms. The summed E-state index contributed by atoms with van der Waals surface area (Å²) in [6.45, 7) is 3.96. The molecule has 1 N–H and O–H groups in total. The highest BCUT2D eigenvalue weighted by Gasteiger charge is 2.18. The van der Waals surface area contributed by atoms with Gasteiger partial charge in [-0.3, -0.25) is 9.58 Å². The van der Waals surface area contributed by atoms with Crippen LogP contribution in [0, 0.1) is 0 Å². The van der Waals surface area contributed by atoms with Gasteiger partial charge in [-0.15, -0.1) is 0 Å². The number of para-hydroxylation sites is 1. The highest BCUT2D eigenvalue weighted by molar-refractivity contribution is 5.77. The molecule has 0 saturated carbocycles. The molecule has 1 aromatic carbocycles. The van der Waals surface area contributed by atoms with Gasteiger partial charge in [-0.2, -0.15) is 5.10 Å². The third kappa shape index (κ3) is 3.98. The van der Waals surface area contributed by atoms with Gasteiger partial charge >= 0.3 is 6.03 Å². The van der Waals surface area contributed by atoms with Crippen LogP contribution < -0.4 is 5.32 Å². The number of fused-ring (bicyclic) bond motifs is 2. The summed E-state index contributed by atoms with van der Waals surface area (Å²) >= 11 is 0. The van der Waals surface area contributed by atoms with Gasteiger partial charge in [0, 0.05) is 39.1 Å². The lowest BCUT2D eigenvalue weighted by atomic mass is 10.2. The summed E-state index contributed by atoms with van der Waals surface area (Å²) in [5.74, 6) is 0.989. The van der Waals surface area contributed by atoms with Crippen LogP contribution in [0.5, 0.6) is 0 Å². The number of urea groups is 1. The summed E-state index contributed by atoms with van der Waals surface area (Å²) in [7, 11) is 3.46. The van der Waals surface area contributed by atoms with Crippen molar-refractivity contribution in [1.82, 2.24) is 24.9 Å². The molecule has 0 radical (unpaired) electrons. The summed E-state index contributed by atoms with van der Waals surface area (Å²) in [5, 5.41) is 8.67. The summed E-state index contributed by atoms with van der Waals surface area (Å²) < 4.78 is 8.04. The first-order valence-corrected chi connectivity index (χ1v) is 9.29. The van der Waals surface area contributed by atoms with Crippen molar-refractivity contribution in [3.05, 3.63) is 53.5 Å². The van der Waals surface area contributed by atoms with E-state index in [1.165, 1.54) is 10.6 Å². The Bertz CT molecular complexity index is 910. The minimum atomic E-state index is -0.107. The van der Waals surface area contributed by atoms with E-state index in [-0.39, 0.29) is 6.03 Å². The Labute approximate surface area is 158 Å². The van der Waals surface area contributed by atoms with E-state index in [4.69, 9.17) is 4.42 Å². The van der Waals surface area contributed by atoms with Crippen LogP contribution in [-0.4, -0.2) is 46.3 Å². The molecule has 0 saturated heterocycles. The number of hydrogen-bond acceptors (Lipinski definition) is 4. The van der Waals surface area contributed by atoms with Crippen molar-refractivity contribution in [3.8, 4) is 0 Å².